The molecule has 0 radical (unpaired) electrons. The van der Waals surface area contributed by atoms with Gasteiger partial charge in [0.15, 0.2) is 17.6 Å². The van der Waals surface area contributed by atoms with Crippen molar-refractivity contribution in [2.24, 2.45) is 5.73 Å². The number of ketones is 2. The maximum atomic E-state index is 11.7. The minimum Gasteiger partial charge on any atom is -0.394 e. The van der Waals surface area contributed by atoms with Crippen LogP contribution in [0.2, 0.25) is 0 Å². The molecular formula is C10H18N2O8. The second-order valence-corrected chi connectivity index (χ2v) is 4.13. The lowest BCUT2D eigenvalue weighted by Crippen LogP contribution is -2.56. The maximum Gasteiger partial charge on any atom is 0.313 e. The molecule has 0 spiro atoms. The molecule has 10 nitrogen and oxygen atoms in total. The van der Waals surface area contributed by atoms with Crippen LogP contribution in [0.4, 0.5) is 4.79 Å². The molecule has 0 fully saturated rings. The van der Waals surface area contributed by atoms with Crippen molar-refractivity contribution in [1.82, 2.24) is 5.32 Å². The van der Waals surface area contributed by atoms with Crippen LogP contribution in [0.5, 0.6) is 0 Å². The van der Waals surface area contributed by atoms with Crippen LogP contribution in [0.15, 0.2) is 0 Å². The summed E-state index contributed by atoms with van der Waals surface area (Å²) in [7, 11) is 0. The topological polar surface area (TPSA) is 190 Å². The van der Waals surface area contributed by atoms with Gasteiger partial charge in [0.1, 0.15) is 24.4 Å². The number of aliphatic hydroxyl groups is 5. The summed E-state index contributed by atoms with van der Waals surface area (Å²) in [5.41, 5.74) is 4.75. The number of amides is 2. The van der Waals surface area contributed by atoms with E-state index in [0.717, 1.165) is 6.92 Å². The summed E-state index contributed by atoms with van der Waals surface area (Å²) in [6, 6.07) is -2.99. The van der Waals surface area contributed by atoms with Gasteiger partial charge in [-0.2, -0.15) is 0 Å². The fraction of sp³-hybridized carbons (Fsp3) is 0.700. The highest BCUT2D eigenvalue weighted by atomic mass is 16.4. The summed E-state index contributed by atoms with van der Waals surface area (Å²) in [6.45, 7) is 0.0193. The third-order valence-electron chi connectivity index (χ3n) is 2.52. The lowest BCUT2D eigenvalue weighted by Gasteiger charge is -2.26. The van der Waals surface area contributed by atoms with E-state index in [0.29, 0.717) is 0 Å². The number of hydrogen-bond acceptors (Lipinski definition) is 8. The number of urea groups is 1. The summed E-state index contributed by atoms with van der Waals surface area (Å²) in [5.74, 6) is -2.16. The zero-order valence-electron chi connectivity index (χ0n) is 10.6. The van der Waals surface area contributed by atoms with Crippen molar-refractivity contribution in [2.45, 2.75) is 37.4 Å². The lowest BCUT2D eigenvalue weighted by molar-refractivity contribution is -0.150. The monoisotopic (exact) mass is 294 g/mol. The molecule has 0 rings (SSSR count). The van der Waals surface area contributed by atoms with Gasteiger partial charge in [-0.15, -0.1) is 0 Å². The summed E-state index contributed by atoms with van der Waals surface area (Å²) in [6.07, 6.45) is -8.26. The molecule has 0 aromatic heterocycles. The second kappa shape index (κ2) is 7.87. The average molecular weight is 294 g/mol. The molecule has 20 heavy (non-hydrogen) atoms. The highest BCUT2D eigenvalue weighted by Gasteiger charge is 2.38. The number of rotatable bonds is 8. The fourth-order valence-corrected chi connectivity index (χ4v) is 1.38. The van der Waals surface area contributed by atoms with Crippen molar-refractivity contribution < 1.29 is 39.9 Å². The van der Waals surface area contributed by atoms with Crippen molar-refractivity contribution >= 4 is 17.6 Å². The number of Topliss-reactive ketones (excluding diaryl/α,β-unsaturated/α-hetero) is 2. The van der Waals surface area contributed by atoms with E-state index in [4.69, 9.17) is 15.9 Å². The minimum atomic E-state index is -2.27. The molecule has 0 aliphatic rings. The van der Waals surface area contributed by atoms with E-state index < -0.39 is 54.7 Å². The first-order valence-electron chi connectivity index (χ1n) is 5.56. The van der Waals surface area contributed by atoms with Gasteiger partial charge in [0.2, 0.25) is 0 Å². The Morgan fingerprint density at radius 2 is 1.60 bits per heavy atom. The predicted octanol–water partition coefficient (Wildman–Crippen LogP) is -4.38. The summed E-state index contributed by atoms with van der Waals surface area (Å²) in [5, 5.41) is 47.8. The Morgan fingerprint density at radius 3 is 1.95 bits per heavy atom. The Bertz CT molecular complexity index is 374. The van der Waals surface area contributed by atoms with Crippen molar-refractivity contribution in [3.05, 3.63) is 0 Å². The standard InChI is InChI=1S/C10H18N2O8/c1-3(14)5(12-10(11)20)7(17)9(19)8(18)6(16)4(15)2-13/h4-6,8-9,13,15-16,18-19H,2H2,1H3,(H3,11,12,20)/t4-,5?,6-,8+,9+/m1/s1. The molecule has 1 unspecified atom stereocenters. The van der Waals surface area contributed by atoms with E-state index in [1.165, 1.54) is 0 Å². The van der Waals surface area contributed by atoms with Crippen LogP contribution in [-0.4, -0.2) is 80.2 Å². The van der Waals surface area contributed by atoms with Crippen LogP contribution in [0.25, 0.3) is 0 Å². The number of hydrogen-bond donors (Lipinski definition) is 7. The van der Waals surface area contributed by atoms with Gasteiger partial charge in [0.25, 0.3) is 0 Å². The predicted molar refractivity (Wildman–Crippen MR) is 63.3 cm³/mol. The van der Waals surface area contributed by atoms with Gasteiger partial charge in [0.05, 0.1) is 6.61 Å². The molecular weight excluding hydrogens is 276 g/mol. The van der Waals surface area contributed by atoms with Gasteiger partial charge >= 0.3 is 6.03 Å². The van der Waals surface area contributed by atoms with Crippen molar-refractivity contribution in [2.75, 3.05) is 6.61 Å². The average Bonchev–Trinajstić information content (AvgIpc) is 2.39. The first kappa shape index (κ1) is 18.4. The molecule has 0 bridgehead atoms. The number of nitrogens with two attached hydrogens (primary N) is 1. The number of primary amides is 1. The molecule has 116 valence electrons. The van der Waals surface area contributed by atoms with Crippen LogP contribution in [0.1, 0.15) is 6.92 Å². The smallest absolute Gasteiger partial charge is 0.313 e. The number of carbonyl (C=O) groups excluding carboxylic acids is 3. The number of nitrogens with one attached hydrogen (secondary N) is 1. The molecule has 10 heteroatoms. The molecule has 8 N–H and O–H groups in total. The Morgan fingerprint density at radius 1 is 1.10 bits per heavy atom. The molecule has 0 heterocycles. The maximum absolute atomic E-state index is 11.7. The van der Waals surface area contributed by atoms with E-state index in [2.05, 4.69) is 0 Å². The van der Waals surface area contributed by atoms with Gasteiger partial charge in [-0.25, -0.2) is 4.79 Å². The normalized spacial score (nSPS) is 18.5. The molecule has 2 amide bonds. The Labute approximate surface area is 113 Å². The SMILES string of the molecule is CC(=O)C(NC(N)=O)C(=O)[C@H](O)[C@@H](O)[C@H](O)[C@H](O)CO. The Kier molecular flexibility index (Phi) is 7.24. The number of carbonyl (C=O) groups is 3. The van der Waals surface area contributed by atoms with Crippen LogP contribution >= 0.6 is 0 Å². The van der Waals surface area contributed by atoms with Crippen molar-refractivity contribution in [3.8, 4) is 0 Å². The second-order valence-electron chi connectivity index (χ2n) is 4.13. The van der Waals surface area contributed by atoms with Crippen LogP contribution in [-0.2, 0) is 9.59 Å². The third kappa shape index (κ3) is 4.83. The van der Waals surface area contributed by atoms with E-state index >= 15 is 0 Å². The molecule has 0 aliphatic carbocycles. The van der Waals surface area contributed by atoms with Gasteiger partial charge in [-0.05, 0) is 6.92 Å². The Hall–Kier alpha value is -1.59. The molecule has 0 saturated heterocycles. The molecule has 0 saturated carbocycles. The van der Waals surface area contributed by atoms with Crippen LogP contribution in [0.3, 0.4) is 0 Å². The zero-order chi connectivity index (χ0) is 16.0. The van der Waals surface area contributed by atoms with E-state index in [9.17, 15) is 29.7 Å². The van der Waals surface area contributed by atoms with Crippen molar-refractivity contribution in [3.63, 3.8) is 0 Å². The number of aliphatic hydroxyl groups excluding tert-OH is 5. The summed E-state index contributed by atoms with van der Waals surface area (Å²) in [4.78, 5) is 33.5. The van der Waals surface area contributed by atoms with Crippen LogP contribution in [0, 0.1) is 0 Å². The quantitative estimate of drug-likeness (QED) is 0.218. The van der Waals surface area contributed by atoms with Crippen molar-refractivity contribution in [1.29, 1.82) is 0 Å². The lowest BCUT2D eigenvalue weighted by atomic mass is 9.95. The van der Waals surface area contributed by atoms with Gasteiger partial charge in [-0.1, -0.05) is 0 Å². The first-order chi connectivity index (χ1) is 9.13. The van der Waals surface area contributed by atoms with Crippen LogP contribution < -0.4 is 11.1 Å². The zero-order valence-corrected chi connectivity index (χ0v) is 10.6. The third-order valence-corrected chi connectivity index (χ3v) is 2.52. The molecule has 0 aromatic rings. The van der Waals surface area contributed by atoms with E-state index in [1.807, 2.05) is 0 Å². The molecule has 0 aliphatic heterocycles. The highest BCUT2D eigenvalue weighted by molar-refractivity contribution is 6.09. The van der Waals surface area contributed by atoms with E-state index in [1.54, 1.807) is 5.32 Å². The fourth-order valence-electron chi connectivity index (χ4n) is 1.38. The molecule has 5 atom stereocenters. The Balaban J connectivity index is 4.96. The first-order valence-corrected chi connectivity index (χ1v) is 5.56. The van der Waals surface area contributed by atoms with E-state index in [-0.39, 0.29) is 0 Å². The van der Waals surface area contributed by atoms with Gasteiger partial charge in [0, 0.05) is 0 Å². The summed E-state index contributed by atoms with van der Waals surface area (Å²) >= 11 is 0. The summed E-state index contributed by atoms with van der Waals surface area (Å²) < 4.78 is 0. The van der Waals surface area contributed by atoms with Gasteiger partial charge in [-0.3, -0.25) is 9.59 Å². The van der Waals surface area contributed by atoms with Gasteiger partial charge < -0.3 is 36.6 Å². The minimum absolute atomic E-state index is 0.850. The highest BCUT2D eigenvalue weighted by Crippen LogP contribution is 2.08. The largest absolute Gasteiger partial charge is 0.394 e. The molecule has 0 aromatic carbocycles.